The third-order valence-electron chi connectivity index (χ3n) is 3.63. The summed E-state index contributed by atoms with van der Waals surface area (Å²) >= 11 is 0. The van der Waals surface area contributed by atoms with Crippen LogP contribution in [0.5, 0.6) is 0 Å². The Kier molecular flexibility index (Phi) is 4.18. The predicted molar refractivity (Wildman–Crippen MR) is 68.6 cm³/mol. The maximum Gasteiger partial charge on any atom is 0.240 e. The first kappa shape index (κ1) is 12.6. The highest BCUT2D eigenvalue weighted by Gasteiger charge is 2.21. The highest BCUT2D eigenvalue weighted by Crippen LogP contribution is 2.20. The van der Waals surface area contributed by atoms with E-state index in [2.05, 4.69) is 23.2 Å². The number of piperazine rings is 1. The van der Waals surface area contributed by atoms with Crippen molar-refractivity contribution in [2.24, 2.45) is 0 Å². The lowest BCUT2D eigenvalue weighted by molar-refractivity contribution is -0.129. The number of rotatable bonds is 3. The van der Waals surface area contributed by atoms with Crippen LogP contribution in [0, 0.1) is 0 Å². The molecule has 2 rings (SSSR count). The normalized spacial score (nSPS) is 25.8. The van der Waals surface area contributed by atoms with Crippen LogP contribution in [0.2, 0.25) is 0 Å². The van der Waals surface area contributed by atoms with Gasteiger partial charge in [-0.15, -0.1) is 0 Å². The van der Waals surface area contributed by atoms with Crippen molar-refractivity contribution in [3.63, 3.8) is 0 Å². The van der Waals surface area contributed by atoms with Gasteiger partial charge in [-0.05, 0) is 26.2 Å². The number of nitrogens with zero attached hydrogens (tertiary/aromatic N) is 2. The van der Waals surface area contributed by atoms with Gasteiger partial charge in [0.1, 0.15) is 0 Å². The number of allylic oxidation sites excluding steroid dienone is 2. The molecule has 1 saturated heterocycles. The first-order valence-corrected chi connectivity index (χ1v) is 6.58. The van der Waals surface area contributed by atoms with Crippen LogP contribution in [0.3, 0.4) is 0 Å². The Morgan fingerprint density at radius 1 is 1.65 bits per heavy atom. The molecule has 0 aromatic carbocycles. The zero-order chi connectivity index (χ0) is 12.3. The Balaban J connectivity index is 1.83. The molecule has 96 valence electrons. The molecule has 1 aliphatic heterocycles. The molecule has 0 aromatic heterocycles. The number of carbonyl (C=O) groups excluding carboxylic acids is 1. The summed E-state index contributed by atoms with van der Waals surface area (Å²) in [6, 6.07) is 0.493. The van der Waals surface area contributed by atoms with Crippen LogP contribution >= 0.6 is 0 Å². The molecule has 0 spiro atoms. The quantitative estimate of drug-likeness (QED) is 0.789. The zero-order valence-electron chi connectivity index (χ0n) is 10.9. The van der Waals surface area contributed by atoms with E-state index >= 15 is 0 Å². The highest BCUT2D eigenvalue weighted by molar-refractivity contribution is 5.79. The van der Waals surface area contributed by atoms with E-state index in [9.17, 15) is 4.79 Å². The van der Waals surface area contributed by atoms with E-state index in [-0.39, 0.29) is 5.91 Å². The standard InChI is InChI=1S/C13H23N3O/c1-11-9-16(8-7-14-11)10-13(17)15(2)12-5-3-4-6-12/h5,11,14H,3-4,6-10H2,1-2H3/t11-/m1/s1. The van der Waals surface area contributed by atoms with Gasteiger partial charge in [0.25, 0.3) is 0 Å². The molecule has 0 saturated carbocycles. The van der Waals surface area contributed by atoms with Crippen molar-refractivity contribution in [1.82, 2.24) is 15.1 Å². The van der Waals surface area contributed by atoms with Crippen LogP contribution in [-0.2, 0) is 4.79 Å². The van der Waals surface area contributed by atoms with E-state index in [4.69, 9.17) is 0 Å². The summed E-state index contributed by atoms with van der Waals surface area (Å²) < 4.78 is 0. The molecule has 1 heterocycles. The molecule has 17 heavy (non-hydrogen) atoms. The van der Waals surface area contributed by atoms with Crippen LogP contribution in [0.4, 0.5) is 0 Å². The summed E-state index contributed by atoms with van der Waals surface area (Å²) in [6.45, 7) is 5.65. The minimum Gasteiger partial charge on any atom is -0.318 e. The molecule has 1 N–H and O–H groups in total. The van der Waals surface area contributed by atoms with Gasteiger partial charge in [0.05, 0.1) is 6.54 Å². The summed E-state index contributed by atoms with van der Waals surface area (Å²) in [4.78, 5) is 16.2. The van der Waals surface area contributed by atoms with Crippen molar-refractivity contribution in [2.75, 3.05) is 33.2 Å². The first-order chi connectivity index (χ1) is 8.16. The molecule has 1 aliphatic carbocycles. The van der Waals surface area contributed by atoms with Crippen LogP contribution in [0.25, 0.3) is 0 Å². The number of amides is 1. The molecule has 0 aromatic rings. The maximum absolute atomic E-state index is 12.1. The van der Waals surface area contributed by atoms with E-state index in [0.717, 1.165) is 32.5 Å². The van der Waals surface area contributed by atoms with Crippen LogP contribution in [-0.4, -0.2) is 55.0 Å². The van der Waals surface area contributed by atoms with Gasteiger partial charge < -0.3 is 10.2 Å². The fourth-order valence-electron chi connectivity index (χ4n) is 2.57. The van der Waals surface area contributed by atoms with Crippen LogP contribution in [0.1, 0.15) is 26.2 Å². The molecule has 0 radical (unpaired) electrons. The number of likely N-dealkylation sites (N-methyl/N-ethyl adjacent to an activating group) is 1. The van der Waals surface area contributed by atoms with Gasteiger partial charge in [-0.25, -0.2) is 0 Å². The maximum atomic E-state index is 12.1. The SMILES string of the molecule is C[C@@H]1CN(CC(=O)N(C)C2=CCCC2)CCN1. The van der Waals surface area contributed by atoms with E-state index in [1.54, 1.807) is 0 Å². The third-order valence-corrected chi connectivity index (χ3v) is 3.63. The molecule has 1 atom stereocenters. The van der Waals surface area contributed by atoms with Crippen molar-refractivity contribution < 1.29 is 4.79 Å². The second-order valence-electron chi connectivity index (χ2n) is 5.13. The van der Waals surface area contributed by atoms with E-state index < -0.39 is 0 Å². The Labute approximate surface area is 104 Å². The van der Waals surface area contributed by atoms with Crippen LogP contribution in [0.15, 0.2) is 11.8 Å². The number of hydrogen-bond donors (Lipinski definition) is 1. The van der Waals surface area contributed by atoms with Gasteiger partial charge in [-0.3, -0.25) is 9.69 Å². The second kappa shape index (κ2) is 5.65. The molecular weight excluding hydrogens is 214 g/mol. The number of carbonyl (C=O) groups is 1. The van der Waals surface area contributed by atoms with Gasteiger partial charge in [-0.1, -0.05) is 6.08 Å². The largest absolute Gasteiger partial charge is 0.318 e. The van der Waals surface area contributed by atoms with Gasteiger partial charge in [0.2, 0.25) is 5.91 Å². The van der Waals surface area contributed by atoms with Crippen molar-refractivity contribution >= 4 is 5.91 Å². The molecule has 1 amide bonds. The van der Waals surface area contributed by atoms with Gasteiger partial charge in [0, 0.05) is 38.4 Å². The molecule has 0 bridgehead atoms. The van der Waals surface area contributed by atoms with Crippen molar-refractivity contribution in [3.05, 3.63) is 11.8 Å². The monoisotopic (exact) mass is 237 g/mol. The second-order valence-corrected chi connectivity index (χ2v) is 5.13. The fourth-order valence-corrected chi connectivity index (χ4v) is 2.57. The van der Waals surface area contributed by atoms with Crippen LogP contribution < -0.4 is 5.32 Å². The van der Waals surface area contributed by atoms with E-state index in [0.29, 0.717) is 12.6 Å². The summed E-state index contributed by atoms with van der Waals surface area (Å²) in [7, 11) is 1.91. The smallest absolute Gasteiger partial charge is 0.240 e. The Hall–Kier alpha value is -0.870. The molecular formula is C13H23N3O. The number of nitrogens with one attached hydrogen (secondary N) is 1. The Bertz CT molecular complexity index is 314. The molecule has 4 heteroatoms. The van der Waals surface area contributed by atoms with Gasteiger partial charge in [-0.2, -0.15) is 0 Å². The lowest BCUT2D eigenvalue weighted by atomic mass is 10.2. The minimum atomic E-state index is 0.229. The highest BCUT2D eigenvalue weighted by atomic mass is 16.2. The van der Waals surface area contributed by atoms with Gasteiger partial charge in [0.15, 0.2) is 0 Å². The predicted octanol–water partition coefficient (Wildman–Crippen LogP) is 0.806. The number of hydrogen-bond acceptors (Lipinski definition) is 3. The van der Waals surface area contributed by atoms with Crippen molar-refractivity contribution in [3.8, 4) is 0 Å². The van der Waals surface area contributed by atoms with E-state index in [1.807, 2.05) is 11.9 Å². The minimum absolute atomic E-state index is 0.229. The lowest BCUT2D eigenvalue weighted by Crippen LogP contribution is -2.51. The average molecular weight is 237 g/mol. The van der Waals surface area contributed by atoms with E-state index in [1.165, 1.54) is 12.1 Å². The lowest BCUT2D eigenvalue weighted by Gasteiger charge is -2.32. The average Bonchev–Trinajstić information content (AvgIpc) is 2.81. The Morgan fingerprint density at radius 2 is 2.47 bits per heavy atom. The Morgan fingerprint density at radius 3 is 3.12 bits per heavy atom. The summed E-state index contributed by atoms with van der Waals surface area (Å²) in [5, 5.41) is 3.39. The van der Waals surface area contributed by atoms with Crippen molar-refractivity contribution in [2.45, 2.75) is 32.2 Å². The molecule has 0 unspecified atom stereocenters. The first-order valence-electron chi connectivity index (χ1n) is 6.58. The molecule has 2 aliphatic rings. The summed E-state index contributed by atoms with van der Waals surface area (Å²) in [6.07, 6.45) is 5.56. The van der Waals surface area contributed by atoms with Gasteiger partial charge >= 0.3 is 0 Å². The molecule has 1 fully saturated rings. The summed E-state index contributed by atoms with van der Waals surface area (Å²) in [5.74, 6) is 0.229. The topological polar surface area (TPSA) is 35.6 Å². The zero-order valence-corrected chi connectivity index (χ0v) is 10.9. The van der Waals surface area contributed by atoms with Crippen molar-refractivity contribution in [1.29, 1.82) is 0 Å². The fraction of sp³-hybridized carbons (Fsp3) is 0.769. The third kappa shape index (κ3) is 3.30. The molecule has 4 nitrogen and oxygen atoms in total. The summed E-state index contributed by atoms with van der Waals surface area (Å²) in [5.41, 5.74) is 1.21.